The zero-order chi connectivity index (χ0) is 15.1. The third-order valence-corrected chi connectivity index (χ3v) is 3.84. The summed E-state index contributed by atoms with van der Waals surface area (Å²) in [6.07, 6.45) is 0. The fourth-order valence-electron chi connectivity index (χ4n) is 3.02. The van der Waals surface area contributed by atoms with Gasteiger partial charge in [0.1, 0.15) is 0 Å². The molecule has 0 unspecified atom stereocenters. The van der Waals surface area contributed by atoms with E-state index in [1.807, 2.05) is 13.0 Å². The van der Waals surface area contributed by atoms with Crippen molar-refractivity contribution in [3.8, 4) is 0 Å². The molecule has 1 aliphatic heterocycles. The first-order chi connectivity index (χ1) is 9.10. The molecule has 0 amide bonds. The van der Waals surface area contributed by atoms with Crippen molar-refractivity contribution in [1.29, 1.82) is 0 Å². The molecule has 112 valence electrons. The molecule has 1 aromatic rings. The molecule has 0 saturated carbocycles. The van der Waals surface area contributed by atoms with Crippen molar-refractivity contribution in [2.45, 2.75) is 51.9 Å². The fraction of sp³-hybridized carbons (Fsp3) is 0.625. The lowest BCUT2D eigenvalue weighted by Crippen LogP contribution is -2.57. The van der Waals surface area contributed by atoms with Crippen molar-refractivity contribution < 1.29 is 4.74 Å². The lowest BCUT2D eigenvalue weighted by molar-refractivity contribution is -0.133. The van der Waals surface area contributed by atoms with Crippen LogP contribution in [0.25, 0.3) is 0 Å². The highest BCUT2D eigenvalue weighted by atomic mass is 35.5. The summed E-state index contributed by atoms with van der Waals surface area (Å²) in [5.41, 5.74) is 7.64. The monoisotopic (exact) mass is 296 g/mol. The van der Waals surface area contributed by atoms with Gasteiger partial charge in [0.15, 0.2) is 0 Å². The highest BCUT2D eigenvalue weighted by Gasteiger charge is 2.38. The maximum atomic E-state index is 6.45. The van der Waals surface area contributed by atoms with Crippen LogP contribution in [-0.2, 0) is 4.74 Å². The molecule has 0 bridgehead atoms. The molecule has 1 aromatic carbocycles. The van der Waals surface area contributed by atoms with Crippen molar-refractivity contribution in [3.63, 3.8) is 0 Å². The van der Waals surface area contributed by atoms with Gasteiger partial charge < -0.3 is 15.4 Å². The summed E-state index contributed by atoms with van der Waals surface area (Å²) in [4.78, 5) is 2.30. The van der Waals surface area contributed by atoms with Gasteiger partial charge in [0.05, 0.1) is 21.9 Å². The molecule has 3 nitrogen and oxygen atoms in total. The Kier molecular flexibility index (Phi) is 4.07. The van der Waals surface area contributed by atoms with Crippen molar-refractivity contribution in [2.24, 2.45) is 5.73 Å². The van der Waals surface area contributed by atoms with Gasteiger partial charge in [0.2, 0.25) is 0 Å². The maximum absolute atomic E-state index is 6.45. The normalized spacial score (nSPS) is 22.6. The number of rotatable bonds is 2. The van der Waals surface area contributed by atoms with Gasteiger partial charge >= 0.3 is 0 Å². The molecule has 1 atom stereocenters. The van der Waals surface area contributed by atoms with Crippen LogP contribution in [0.3, 0.4) is 0 Å². The number of ether oxygens (including phenoxy) is 1. The highest BCUT2D eigenvalue weighted by molar-refractivity contribution is 6.33. The minimum atomic E-state index is -0.190. The largest absolute Gasteiger partial charge is 0.366 e. The molecule has 1 fully saturated rings. The summed E-state index contributed by atoms with van der Waals surface area (Å²) >= 11 is 6.45. The molecular weight excluding hydrogens is 272 g/mol. The molecule has 1 aliphatic rings. The molecule has 2 N–H and O–H groups in total. The van der Waals surface area contributed by atoms with Gasteiger partial charge in [0, 0.05) is 19.1 Å². The Balaban J connectivity index is 2.31. The van der Waals surface area contributed by atoms with E-state index in [1.165, 1.54) is 0 Å². The van der Waals surface area contributed by atoms with Crippen LogP contribution in [-0.4, -0.2) is 24.3 Å². The molecule has 4 heteroatoms. The van der Waals surface area contributed by atoms with E-state index in [0.29, 0.717) is 0 Å². The summed E-state index contributed by atoms with van der Waals surface area (Å²) < 4.78 is 6.11. The number of hydrogen-bond donors (Lipinski definition) is 1. The van der Waals surface area contributed by atoms with Crippen molar-refractivity contribution in [3.05, 3.63) is 28.8 Å². The average Bonchev–Trinajstić information content (AvgIpc) is 2.24. The van der Waals surface area contributed by atoms with Crippen LogP contribution in [0.5, 0.6) is 0 Å². The van der Waals surface area contributed by atoms with Crippen LogP contribution in [0.15, 0.2) is 18.2 Å². The molecule has 1 heterocycles. The highest BCUT2D eigenvalue weighted by Crippen LogP contribution is 2.35. The zero-order valence-electron chi connectivity index (χ0n) is 13.0. The summed E-state index contributed by atoms with van der Waals surface area (Å²) in [5.74, 6) is 0. The van der Waals surface area contributed by atoms with E-state index >= 15 is 0 Å². The minimum Gasteiger partial charge on any atom is -0.366 e. The Hall–Kier alpha value is -0.770. The molecule has 2 rings (SSSR count). The van der Waals surface area contributed by atoms with Crippen LogP contribution in [0.2, 0.25) is 5.02 Å². The molecule has 0 aliphatic carbocycles. The SMILES string of the molecule is C[C@H](N)c1ccc(N2CC(C)(C)OC(C)(C)C2)c(Cl)c1. The fourth-order valence-corrected chi connectivity index (χ4v) is 3.33. The molecule has 20 heavy (non-hydrogen) atoms. The first-order valence-corrected chi connectivity index (χ1v) is 7.48. The van der Waals surface area contributed by atoms with E-state index in [4.69, 9.17) is 22.1 Å². The Morgan fingerprint density at radius 1 is 1.20 bits per heavy atom. The third kappa shape index (κ3) is 3.46. The second kappa shape index (κ2) is 5.21. The van der Waals surface area contributed by atoms with Gasteiger partial charge in [0.25, 0.3) is 0 Å². The molecule has 0 aromatic heterocycles. The van der Waals surface area contributed by atoms with E-state index in [0.717, 1.165) is 29.4 Å². The van der Waals surface area contributed by atoms with Crippen LogP contribution in [0.4, 0.5) is 5.69 Å². The summed E-state index contributed by atoms with van der Waals surface area (Å²) in [6.45, 7) is 12.1. The first-order valence-electron chi connectivity index (χ1n) is 7.10. The second-order valence-corrected chi connectivity index (χ2v) is 7.38. The number of nitrogens with two attached hydrogens (primary N) is 1. The standard InChI is InChI=1S/C16H25ClN2O/c1-11(18)12-6-7-14(13(17)8-12)19-9-15(2,3)20-16(4,5)10-19/h6-8,11H,9-10,18H2,1-5H3/t11-/m0/s1. The molecule has 0 radical (unpaired) electrons. The number of hydrogen-bond acceptors (Lipinski definition) is 3. The smallest absolute Gasteiger partial charge is 0.0808 e. The first kappa shape index (κ1) is 15.6. The number of nitrogens with zero attached hydrogens (tertiary/aromatic N) is 1. The summed E-state index contributed by atoms with van der Waals surface area (Å²) in [5, 5.41) is 0.758. The number of anilines is 1. The van der Waals surface area contributed by atoms with E-state index < -0.39 is 0 Å². The van der Waals surface area contributed by atoms with Gasteiger partial charge in [-0.05, 0) is 52.3 Å². The second-order valence-electron chi connectivity index (χ2n) is 6.98. The zero-order valence-corrected chi connectivity index (χ0v) is 13.8. The topological polar surface area (TPSA) is 38.5 Å². The Bertz CT molecular complexity index is 481. The van der Waals surface area contributed by atoms with Gasteiger partial charge in [-0.2, -0.15) is 0 Å². The lowest BCUT2D eigenvalue weighted by Gasteiger charge is -2.48. The van der Waals surface area contributed by atoms with Crippen LogP contribution >= 0.6 is 11.6 Å². The van der Waals surface area contributed by atoms with Crippen LogP contribution < -0.4 is 10.6 Å². The minimum absolute atomic E-state index is 0.000814. The van der Waals surface area contributed by atoms with E-state index in [-0.39, 0.29) is 17.2 Å². The third-order valence-electron chi connectivity index (χ3n) is 3.53. The predicted octanol–water partition coefficient (Wildman–Crippen LogP) is 3.75. The number of halogens is 1. The molecular formula is C16H25ClN2O. The van der Waals surface area contributed by atoms with Crippen LogP contribution in [0, 0.1) is 0 Å². The number of morpholine rings is 1. The Labute approximate surface area is 127 Å². The van der Waals surface area contributed by atoms with E-state index in [1.54, 1.807) is 0 Å². The summed E-state index contributed by atoms with van der Waals surface area (Å²) in [7, 11) is 0. The van der Waals surface area contributed by atoms with E-state index in [9.17, 15) is 0 Å². The quantitative estimate of drug-likeness (QED) is 0.903. The molecule has 1 saturated heterocycles. The summed E-state index contributed by atoms with van der Waals surface area (Å²) in [6, 6.07) is 6.09. The molecule has 0 spiro atoms. The van der Waals surface area contributed by atoms with E-state index in [2.05, 4.69) is 44.7 Å². The van der Waals surface area contributed by atoms with Crippen LogP contribution in [0.1, 0.15) is 46.2 Å². The van der Waals surface area contributed by atoms with Gasteiger partial charge in [-0.1, -0.05) is 17.7 Å². The van der Waals surface area contributed by atoms with Crippen molar-refractivity contribution in [2.75, 3.05) is 18.0 Å². The average molecular weight is 297 g/mol. The lowest BCUT2D eigenvalue weighted by atomic mass is 9.98. The Morgan fingerprint density at radius 3 is 2.20 bits per heavy atom. The maximum Gasteiger partial charge on any atom is 0.0808 e. The van der Waals surface area contributed by atoms with Gasteiger partial charge in [-0.3, -0.25) is 0 Å². The number of benzene rings is 1. The van der Waals surface area contributed by atoms with Crippen molar-refractivity contribution in [1.82, 2.24) is 0 Å². The Morgan fingerprint density at radius 2 is 1.75 bits per heavy atom. The van der Waals surface area contributed by atoms with Gasteiger partial charge in [-0.15, -0.1) is 0 Å². The van der Waals surface area contributed by atoms with Gasteiger partial charge in [-0.25, -0.2) is 0 Å². The van der Waals surface area contributed by atoms with Crippen molar-refractivity contribution >= 4 is 17.3 Å². The predicted molar refractivity (Wildman–Crippen MR) is 85.5 cm³/mol.